The summed E-state index contributed by atoms with van der Waals surface area (Å²) in [6, 6.07) is 9.54. The van der Waals surface area contributed by atoms with Crippen molar-refractivity contribution in [2.24, 2.45) is 0 Å². The summed E-state index contributed by atoms with van der Waals surface area (Å²) >= 11 is 6.14. The van der Waals surface area contributed by atoms with Gasteiger partial charge in [0, 0.05) is 0 Å². The second-order valence-corrected chi connectivity index (χ2v) is 5.03. The number of benzene rings is 1. The topological polar surface area (TPSA) is 44.1 Å². The molecular formula is C15H17ClN2O2. The lowest BCUT2D eigenvalue weighted by Crippen LogP contribution is -2.21. The lowest BCUT2D eigenvalue weighted by molar-refractivity contribution is -0.142. The molecule has 4 nitrogen and oxygen atoms in total. The minimum absolute atomic E-state index is 0.278. The Labute approximate surface area is 123 Å². The normalized spacial score (nSPS) is 12.2. The molecule has 0 saturated heterocycles. The largest absolute Gasteiger partial charge is 0.468 e. The highest BCUT2D eigenvalue weighted by atomic mass is 35.5. The highest BCUT2D eigenvalue weighted by Gasteiger charge is 2.23. The third-order valence-electron chi connectivity index (χ3n) is 3.34. The number of hydrogen-bond acceptors (Lipinski definition) is 3. The molecule has 0 aliphatic heterocycles. The number of aryl methyl sites for hydroxylation is 1. The average molecular weight is 293 g/mol. The molecule has 0 spiro atoms. The lowest BCUT2D eigenvalue weighted by atomic mass is 9.99. The van der Waals surface area contributed by atoms with Gasteiger partial charge in [-0.3, -0.25) is 9.48 Å². The van der Waals surface area contributed by atoms with Crippen molar-refractivity contribution in [1.82, 2.24) is 9.78 Å². The Balaban J connectivity index is 2.34. The molecule has 0 bridgehead atoms. The highest BCUT2D eigenvalue weighted by molar-refractivity contribution is 6.31. The van der Waals surface area contributed by atoms with E-state index in [0.717, 1.165) is 17.0 Å². The quantitative estimate of drug-likeness (QED) is 0.813. The van der Waals surface area contributed by atoms with Gasteiger partial charge < -0.3 is 4.74 Å². The SMILES string of the molecule is COC(=O)C(Cn1nc(C)c(Cl)c1C)c1ccccc1. The summed E-state index contributed by atoms with van der Waals surface area (Å²) in [6.07, 6.45) is 0. The first-order valence-corrected chi connectivity index (χ1v) is 6.74. The molecule has 1 unspecified atom stereocenters. The third-order valence-corrected chi connectivity index (χ3v) is 3.88. The van der Waals surface area contributed by atoms with Crippen LogP contribution >= 0.6 is 11.6 Å². The zero-order valence-electron chi connectivity index (χ0n) is 11.8. The Kier molecular flexibility index (Phi) is 4.45. The van der Waals surface area contributed by atoms with Crippen LogP contribution in [0.4, 0.5) is 0 Å². The predicted molar refractivity (Wildman–Crippen MR) is 77.9 cm³/mol. The van der Waals surface area contributed by atoms with E-state index in [2.05, 4.69) is 5.10 Å². The van der Waals surface area contributed by atoms with Gasteiger partial charge in [0.2, 0.25) is 0 Å². The number of ether oxygens (including phenoxy) is 1. The Morgan fingerprint density at radius 2 is 2.00 bits per heavy atom. The van der Waals surface area contributed by atoms with Gasteiger partial charge in [-0.15, -0.1) is 0 Å². The summed E-state index contributed by atoms with van der Waals surface area (Å²) in [5.41, 5.74) is 2.53. The molecule has 0 aliphatic rings. The minimum atomic E-state index is -0.393. The summed E-state index contributed by atoms with van der Waals surface area (Å²) in [5, 5.41) is 5.01. The zero-order chi connectivity index (χ0) is 14.7. The number of halogens is 1. The molecule has 0 fully saturated rings. The van der Waals surface area contributed by atoms with Crippen molar-refractivity contribution in [3.05, 3.63) is 52.3 Å². The molecule has 0 saturated carbocycles. The fourth-order valence-electron chi connectivity index (χ4n) is 2.17. The number of hydrogen-bond donors (Lipinski definition) is 0. The first-order chi connectivity index (χ1) is 9.54. The van der Waals surface area contributed by atoms with Crippen LogP contribution in [0.3, 0.4) is 0 Å². The summed E-state index contributed by atoms with van der Waals surface area (Å²) < 4.78 is 6.66. The monoisotopic (exact) mass is 292 g/mol. The summed E-state index contributed by atoms with van der Waals surface area (Å²) in [4.78, 5) is 12.0. The van der Waals surface area contributed by atoms with Crippen LogP contribution in [-0.4, -0.2) is 22.9 Å². The molecule has 2 aromatic rings. The number of carbonyl (C=O) groups excluding carboxylic acids is 1. The van der Waals surface area contributed by atoms with Crippen molar-refractivity contribution < 1.29 is 9.53 Å². The average Bonchev–Trinajstić information content (AvgIpc) is 2.72. The molecule has 0 aliphatic carbocycles. The third kappa shape index (κ3) is 2.85. The van der Waals surface area contributed by atoms with Crippen LogP contribution in [0.1, 0.15) is 22.9 Å². The number of methoxy groups -OCH3 is 1. The Morgan fingerprint density at radius 1 is 1.35 bits per heavy atom. The van der Waals surface area contributed by atoms with Crippen LogP contribution in [0, 0.1) is 13.8 Å². The first kappa shape index (κ1) is 14.6. The van der Waals surface area contributed by atoms with Crippen LogP contribution in [0.25, 0.3) is 0 Å². The van der Waals surface area contributed by atoms with E-state index in [0.29, 0.717) is 11.6 Å². The van der Waals surface area contributed by atoms with Gasteiger partial charge in [-0.1, -0.05) is 41.9 Å². The number of nitrogens with zero attached hydrogens (tertiary/aromatic N) is 2. The van der Waals surface area contributed by atoms with Crippen molar-refractivity contribution in [1.29, 1.82) is 0 Å². The van der Waals surface area contributed by atoms with Crippen molar-refractivity contribution in [3.8, 4) is 0 Å². The molecule has 0 radical (unpaired) electrons. The summed E-state index contributed by atoms with van der Waals surface area (Å²) in [6.45, 7) is 4.15. The Hall–Kier alpha value is -1.81. The van der Waals surface area contributed by atoms with E-state index in [1.54, 1.807) is 4.68 Å². The smallest absolute Gasteiger partial charge is 0.315 e. The molecule has 5 heteroatoms. The van der Waals surface area contributed by atoms with E-state index in [-0.39, 0.29) is 5.97 Å². The molecule has 106 valence electrons. The van der Waals surface area contributed by atoms with Crippen molar-refractivity contribution in [2.75, 3.05) is 7.11 Å². The van der Waals surface area contributed by atoms with Crippen molar-refractivity contribution >= 4 is 17.6 Å². The summed E-state index contributed by atoms with van der Waals surface area (Å²) in [7, 11) is 1.40. The van der Waals surface area contributed by atoms with E-state index in [4.69, 9.17) is 16.3 Å². The fraction of sp³-hybridized carbons (Fsp3) is 0.333. The van der Waals surface area contributed by atoms with E-state index in [9.17, 15) is 4.79 Å². The molecule has 1 aromatic heterocycles. The number of rotatable bonds is 4. The van der Waals surface area contributed by atoms with Crippen molar-refractivity contribution in [3.63, 3.8) is 0 Å². The molecule has 1 heterocycles. The number of carbonyl (C=O) groups is 1. The Morgan fingerprint density at radius 3 is 2.50 bits per heavy atom. The maximum atomic E-state index is 12.0. The van der Waals surface area contributed by atoms with Gasteiger partial charge in [-0.05, 0) is 19.4 Å². The number of esters is 1. The van der Waals surface area contributed by atoms with Crippen LogP contribution < -0.4 is 0 Å². The van der Waals surface area contributed by atoms with Gasteiger partial charge in [0.25, 0.3) is 0 Å². The maximum Gasteiger partial charge on any atom is 0.315 e. The lowest BCUT2D eigenvalue weighted by Gasteiger charge is -2.16. The van der Waals surface area contributed by atoms with Gasteiger partial charge >= 0.3 is 5.97 Å². The molecule has 0 N–H and O–H groups in total. The van der Waals surface area contributed by atoms with Crippen LogP contribution in [0.5, 0.6) is 0 Å². The zero-order valence-corrected chi connectivity index (χ0v) is 12.5. The van der Waals surface area contributed by atoms with Crippen LogP contribution in [0.15, 0.2) is 30.3 Å². The molecule has 1 aromatic carbocycles. The van der Waals surface area contributed by atoms with Gasteiger partial charge in [0.1, 0.15) is 5.92 Å². The van der Waals surface area contributed by atoms with E-state index in [1.165, 1.54) is 7.11 Å². The van der Waals surface area contributed by atoms with Gasteiger partial charge in [-0.25, -0.2) is 0 Å². The van der Waals surface area contributed by atoms with Gasteiger partial charge in [0.15, 0.2) is 0 Å². The van der Waals surface area contributed by atoms with Crippen molar-refractivity contribution in [2.45, 2.75) is 26.3 Å². The molecule has 2 rings (SSSR count). The molecule has 1 atom stereocenters. The number of aromatic nitrogens is 2. The van der Waals surface area contributed by atoms with E-state index >= 15 is 0 Å². The summed E-state index contributed by atoms with van der Waals surface area (Å²) in [5.74, 6) is -0.671. The minimum Gasteiger partial charge on any atom is -0.468 e. The fourth-order valence-corrected chi connectivity index (χ4v) is 2.30. The van der Waals surface area contributed by atoms with Crippen LogP contribution in [-0.2, 0) is 16.1 Å². The molecular weight excluding hydrogens is 276 g/mol. The highest BCUT2D eigenvalue weighted by Crippen LogP contribution is 2.24. The van der Waals surface area contributed by atoms with Gasteiger partial charge in [0.05, 0.1) is 30.1 Å². The van der Waals surface area contributed by atoms with E-state index in [1.807, 2.05) is 44.2 Å². The second-order valence-electron chi connectivity index (χ2n) is 4.65. The molecule has 0 amide bonds. The molecule has 20 heavy (non-hydrogen) atoms. The first-order valence-electron chi connectivity index (χ1n) is 6.37. The van der Waals surface area contributed by atoms with Gasteiger partial charge in [-0.2, -0.15) is 5.10 Å². The maximum absolute atomic E-state index is 12.0. The van der Waals surface area contributed by atoms with Crippen LogP contribution in [0.2, 0.25) is 5.02 Å². The van der Waals surface area contributed by atoms with E-state index < -0.39 is 5.92 Å². The second kappa shape index (κ2) is 6.09. The standard InChI is InChI=1S/C15H17ClN2O2/c1-10-14(16)11(2)18(17-10)9-13(15(19)20-3)12-7-5-4-6-8-12/h4-8,13H,9H2,1-3H3. The Bertz CT molecular complexity index is 608. The predicted octanol–water partition coefficient (Wildman–Crippen LogP) is 3.11.